The molecule has 0 spiro atoms. The maximum Gasteiger partial charge on any atom is 0.246 e. The van der Waals surface area contributed by atoms with Gasteiger partial charge in [-0.15, -0.1) is 0 Å². The molecule has 0 bridgehead atoms. The Kier molecular flexibility index (Phi) is 10.2. The standard InChI is InChI=1S/C33H45FN4O4/c1-22(37(5)29(39)21-33(2,3)4)31(40)36-30(23-10-7-6-8-11-23)32(41)38-19-9-12-28(38)27-20-26(17-18-35-27)42-25-15-13-24(34)14-16-25/h13-18,20,22-23,28,30H,6-12,19,21H2,1-5H3,(H,36,40)/t22-,28-,30-/m0/s1. The molecule has 2 aromatic rings. The second-order valence-corrected chi connectivity index (χ2v) is 13.0. The lowest BCUT2D eigenvalue weighted by atomic mass is 9.83. The minimum absolute atomic E-state index is 0.0420. The Morgan fingerprint density at radius 2 is 1.74 bits per heavy atom. The first-order chi connectivity index (χ1) is 19.9. The summed E-state index contributed by atoms with van der Waals surface area (Å²) >= 11 is 0. The number of halogens is 1. The minimum atomic E-state index is -0.699. The van der Waals surface area contributed by atoms with Crippen LogP contribution in [0.15, 0.2) is 42.6 Å². The Morgan fingerprint density at radius 3 is 2.40 bits per heavy atom. The number of aromatic nitrogens is 1. The van der Waals surface area contributed by atoms with Crippen molar-refractivity contribution < 1.29 is 23.5 Å². The normalized spacial score (nSPS) is 19.2. The van der Waals surface area contributed by atoms with Gasteiger partial charge in [-0.05, 0) is 74.3 Å². The van der Waals surface area contributed by atoms with Gasteiger partial charge in [0.05, 0.1) is 11.7 Å². The summed E-state index contributed by atoms with van der Waals surface area (Å²) in [5.41, 5.74) is 0.525. The molecule has 1 aromatic carbocycles. The number of nitrogens with zero attached hydrogens (tertiary/aromatic N) is 3. The smallest absolute Gasteiger partial charge is 0.246 e. The molecule has 2 fully saturated rings. The molecule has 1 aromatic heterocycles. The molecular weight excluding hydrogens is 535 g/mol. The second kappa shape index (κ2) is 13.7. The molecule has 3 atom stereocenters. The highest BCUT2D eigenvalue weighted by Crippen LogP contribution is 2.36. The predicted molar refractivity (Wildman–Crippen MR) is 159 cm³/mol. The van der Waals surface area contributed by atoms with E-state index in [0.717, 1.165) is 50.6 Å². The van der Waals surface area contributed by atoms with Crippen molar-refractivity contribution in [3.63, 3.8) is 0 Å². The first-order valence-corrected chi connectivity index (χ1v) is 15.2. The number of rotatable bonds is 9. The summed E-state index contributed by atoms with van der Waals surface area (Å²) in [5, 5.41) is 3.08. The number of benzene rings is 1. The van der Waals surface area contributed by atoms with Crippen LogP contribution in [0.2, 0.25) is 0 Å². The molecule has 1 saturated heterocycles. The Morgan fingerprint density at radius 1 is 1.05 bits per heavy atom. The van der Waals surface area contributed by atoms with Crippen molar-refractivity contribution in [1.82, 2.24) is 20.1 Å². The summed E-state index contributed by atoms with van der Waals surface area (Å²) in [6.45, 7) is 8.27. The summed E-state index contributed by atoms with van der Waals surface area (Å²) < 4.78 is 19.2. The van der Waals surface area contributed by atoms with Gasteiger partial charge in [-0.2, -0.15) is 0 Å². The third kappa shape index (κ3) is 8.07. The summed E-state index contributed by atoms with van der Waals surface area (Å²) in [4.78, 5) is 48.5. The number of carbonyl (C=O) groups is 3. The van der Waals surface area contributed by atoms with Crippen LogP contribution in [0, 0.1) is 17.2 Å². The van der Waals surface area contributed by atoms with Crippen molar-refractivity contribution in [3.8, 4) is 11.5 Å². The summed E-state index contributed by atoms with van der Waals surface area (Å²) in [5.74, 6) is 0.259. The largest absolute Gasteiger partial charge is 0.457 e. The lowest BCUT2D eigenvalue weighted by Crippen LogP contribution is -2.56. The fourth-order valence-electron chi connectivity index (χ4n) is 5.92. The number of carbonyl (C=O) groups excluding carboxylic acids is 3. The minimum Gasteiger partial charge on any atom is -0.457 e. The van der Waals surface area contributed by atoms with E-state index < -0.39 is 12.1 Å². The molecule has 42 heavy (non-hydrogen) atoms. The number of hydrogen-bond acceptors (Lipinski definition) is 5. The maximum atomic E-state index is 14.2. The summed E-state index contributed by atoms with van der Waals surface area (Å²) in [7, 11) is 1.65. The zero-order valence-electron chi connectivity index (χ0n) is 25.6. The van der Waals surface area contributed by atoms with Crippen molar-refractivity contribution >= 4 is 17.7 Å². The fraction of sp³-hybridized carbons (Fsp3) is 0.576. The molecule has 1 saturated carbocycles. The van der Waals surface area contributed by atoms with E-state index in [1.807, 2.05) is 31.7 Å². The van der Waals surface area contributed by atoms with Gasteiger partial charge >= 0.3 is 0 Å². The van der Waals surface area contributed by atoms with Gasteiger partial charge in [0.2, 0.25) is 17.7 Å². The van der Waals surface area contributed by atoms with Crippen molar-refractivity contribution in [2.24, 2.45) is 11.3 Å². The molecule has 1 aliphatic carbocycles. The zero-order valence-corrected chi connectivity index (χ0v) is 25.6. The molecule has 2 aliphatic rings. The van der Waals surface area contributed by atoms with Crippen LogP contribution in [-0.4, -0.2) is 58.2 Å². The van der Waals surface area contributed by atoms with Gasteiger partial charge in [0, 0.05) is 32.3 Å². The molecule has 9 heteroatoms. The SMILES string of the molecule is C[C@@H](C(=O)N[C@H](C(=O)N1CCC[C@H]1c1cc(Oc2ccc(F)cc2)ccn1)C1CCCCC1)N(C)C(=O)CC(C)(C)C. The van der Waals surface area contributed by atoms with E-state index in [4.69, 9.17) is 4.74 Å². The monoisotopic (exact) mass is 580 g/mol. The number of likely N-dealkylation sites (tertiary alicyclic amines) is 1. The van der Waals surface area contributed by atoms with Crippen LogP contribution in [-0.2, 0) is 14.4 Å². The first kappa shape index (κ1) is 31.4. The van der Waals surface area contributed by atoms with Crippen LogP contribution in [0.4, 0.5) is 4.39 Å². The topological polar surface area (TPSA) is 91.8 Å². The Bertz CT molecular complexity index is 1240. The average Bonchev–Trinajstić information content (AvgIpc) is 3.46. The van der Waals surface area contributed by atoms with E-state index in [9.17, 15) is 18.8 Å². The van der Waals surface area contributed by atoms with Gasteiger partial charge in [0.25, 0.3) is 0 Å². The number of ether oxygens (including phenoxy) is 1. The molecule has 4 rings (SSSR count). The molecule has 1 aliphatic heterocycles. The van der Waals surface area contributed by atoms with Gasteiger partial charge in [-0.1, -0.05) is 40.0 Å². The number of likely N-dealkylation sites (N-methyl/N-ethyl adjacent to an activating group) is 1. The summed E-state index contributed by atoms with van der Waals surface area (Å²) in [6.07, 6.45) is 8.50. The molecular formula is C33H45FN4O4. The van der Waals surface area contributed by atoms with Gasteiger partial charge in [0.1, 0.15) is 29.4 Å². The Hall–Kier alpha value is -3.49. The lowest BCUT2D eigenvalue weighted by Gasteiger charge is -2.36. The van der Waals surface area contributed by atoms with Gasteiger partial charge in [0.15, 0.2) is 0 Å². The van der Waals surface area contributed by atoms with Crippen molar-refractivity contribution in [2.75, 3.05) is 13.6 Å². The van der Waals surface area contributed by atoms with Crippen molar-refractivity contribution in [2.45, 2.75) is 97.2 Å². The fourth-order valence-corrected chi connectivity index (χ4v) is 5.92. The van der Waals surface area contributed by atoms with Gasteiger partial charge < -0.3 is 19.9 Å². The Balaban J connectivity index is 1.51. The van der Waals surface area contributed by atoms with E-state index in [1.165, 1.54) is 17.0 Å². The average molecular weight is 581 g/mol. The van der Waals surface area contributed by atoms with Crippen LogP contribution in [0.3, 0.4) is 0 Å². The molecule has 8 nitrogen and oxygen atoms in total. The third-order valence-electron chi connectivity index (χ3n) is 8.40. The molecule has 3 amide bonds. The van der Waals surface area contributed by atoms with Crippen LogP contribution >= 0.6 is 0 Å². The van der Waals surface area contributed by atoms with Gasteiger partial charge in [-0.25, -0.2) is 4.39 Å². The second-order valence-electron chi connectivity index (χ2n) is 13.0. The number of hydrogen-bond donors (Lipinski definition) is 1. The maximum absolute atomic E-state index is 14.2. The zero-order chi connectivity index (χ0) is 30.4. The highest BCUT2D eigenvalue weighted by Gasteiger charge is 2.40. The predicted octanol–water partition coefficient (Wildman–Crippen LogP) is 6.02. The van der Waals surface area contributed by atoms with E-state index in [1.54, 1.807) is 38.4 Å². The Labute approximate surface area is 249 Å². The molecule has 0 unspecified atom stereocenters. The number of nitrogens with one attached hydrogen (secondary N) is 1. The highest BCUT2D eigenvalue weighted by atomic mass is 19.1. The van der Waals surface area contributed by atoms with Crippen molar-refractivity contribution in [3.05, 3.63) is 54.1 Å². The van der Waals surface area contributed by atoms with E-state index >= 15 is 0 Å². The van der Waals surface area contributed by atoms with Crippen molar-refractivity contribution in [1.29, 1.82) is 0 Å². The first-order valence-electron chi connectivity index (χ1n) is 15.2. The number of amides is 3. The summed E-state index contributed by atoms with van der Waals surface area (Å²) in [6, 6.07) is 7.76. The third-order valence-corrected chi connectivity index (χ3v) is 8.40. The van der Waals surface area contributed by atoms with Crippen LogP contribution in [0.5, 0.6) is 11.5 Å². The molecule has 1 N–H and O–H groups in total. The van der Waals surface area contributed by atoms with E-state index in [-0.39, 0.29) is 40.9 Å². The van der Waals surface area contributed by atoms with Crippen LogP contribution in [0.1, 0.15) is 90.8 Å². The number of pyridine rings is 1. The van der Waals surface area contributed by atoms with Crippen LogP contribution in [0.25, 0.3) is 0 Å². The lowest BCUT2D eigenvalue weighted by molar-refractivity contribution is -0.143. The molecule has 0 radical (unpaired) electrons. The van der Waals surface area contributed by atoms with Gasteiger partial charge in [-0.3, -0.25) is 19.4 Å². The molecule has 2 heterocycles. The molecule has 228 valence electrons. The quantitative estimate of drug-likeness (QED) is 0.391. The van der Waals surface area contributed by atoms with Crippen LogP contribution < -0.4 is 10.1 Å². The van der Waals surface area contributed by atoms with E-state index in [0.29, 0.717) is 24.5 Å². The highest BCUT2D eigenvalue weighted by molar-refractivity contribution is 5.92. The van der Waals surface area contributed by atoms with E-state index in [2.05, 4.69) is 10.3 Å².